The molecule has 4 bridgehead atoms. The maximum Gasteiger partial charge on any atom is 0.0628 e. The van der Waals surface area contributed by atoms with E-state index < -0.39 is 0 Å². The van der Waals surface area contributed by atoms with Gasteiger partial charge in [-0.2, -0.15) is 0 Å². The van der Waals surface area contributed by atoms with E-state index in [0.717, 1.165) is 17.8 Å². The highest BCUT2D eigenvalue weighted by molar-refractivity contribution is 5.29. The molecule has 0 heterocycles. The molecule has 4 fully saturated rings. The molecule has 0 aliphatic heterocycles. The van der Waals surface area contributed by atoms with Gasteiger partial charge in [0.25, 0.3) is 0 Å². The average Bonchev–Trinajstić information content (AvgIpc) is 2.39. The van der Waals surface area contributed by atoms with Gasteiger partial charge in [-0.15, -0.1) is 0 Å². The minimum absolute atomic E-state index is 0.493. The fourth-order valence-corrected chi connectivity index (χ4v) is 5.51. The SMILES string of the molecule is COC1[C@@H]2CC3C[C@H]1CC(c1ccccc1)(C3)C2. The Kier molecular flexibility index (Phi) is 2.35. The van der Waals surface area contributed by atoms with Gasteiger partial charge in [0, 0.05) is 7.11 Å². The van der Waals surface area contributed by atoms with Crippen LogP contribution in [-0.4, -0.2) is 13.2 Å². The Labute approximate surface area is 110 Å². The Hall–Kier alpha value is -0.820. The van der Waals surface area contributed by atoms with E-state index in [9.17, 15) is 0 Å². The molecular weight excluding hydrogens is 220 g/mol. The van der Waals surface area contributed by atoms with Crippen molar-refractivity contribution < 1.29 is 4.74 Å². The maximum absolute atomic E-state index is 5.81. The standard InChI is InChI=1S/C17H22O/c1-18-16-13-7-12-8-14(16)11-17(9-12,10-13)15-5-3-2-4-6-15/h2-6,12-14,16H,7-11H2,1H3/t12?,13-,14+,16?,17?. The van der Waals surface area contributed by atoms with E-state index >= 15 is 0 Å². The zero-order valence-electron chi connectivity index (χ0n) is 11.1. The van der Waals surface area contributed by atoms with Crippen LogP contribution in [0.4, 0.5) is 0 Å². The molecule has 1 aromatic carbocycles. The van der Waals surface area contributed by atoms with E-state index in [-0.39, 0.29) is 0 Å². The van der Waals surface area contributed by atoms with Crippen LogP contribution in [0.25, 0.3) is 0 Å². The summed E-state index contributed by atoms with van der Waals surface area (Å²) in [5.74, 6) is 2.61. The van der Waals surface area contributed by atoms with E-state index in [2.05, 4.69) is 30.3 Å². The fraction of sp³-hybridized carbons (Fsp3) is 0.647. The molecule has 4 saturated carbocycles. The molecule has 0 radical (unpaired) electrons. The molecule has 0 amide bonds. The third-order valence-corrected chi connectivity index (χ3v) is 5.84. The zero-order valence-corrected chi connectivity index (χ0v) is 11.1. The first-order valence-electron chi connectivity index (χ1n) is 7.39. The Morgan fingerprint density at radius 3 is 2.28 bits per heavy atom. The first kappa shape index (κ1) is 11.0. The molecule has 1 heteroatoms. The summed E-state index contributed by atoms with van der Waals surface area (Å²) in [4.78, 5) is 0. The summed E-state index contributed by atoms with van der Waals surface area (Å²) in [5.41, 5.74) is 2.09. The molecule has 96 valence electrons. The van der Waals surface area contributed by atoms with Crippen LogP contribution in [0.5, 0.6) is 0 Å². The lowest BCUT2D eigenvalue weighted by Gasteiger charge is -2.60. The number of methoxy groups -OCH3 is 1. The highest BCUT2D eigenvalue weighted by atomic mass is 16.5. The first-order valence-corrected chi connectivity index (χ1v) is 7.39. The van der Waals surface area contributed by atoms with Gasteiger partial charge in [0.05, 0.1) is 6.10 Å². The van der Waals surface area contributed by atoms with Gasteiger partial charge in [0.2, 0.25) is 0 Å². The van der Waals surface area contributed by atoms with Crippen LogP contribution in [0.3, 0.4) is 0 Å². The van der Waals surface area contributed by atoms with Gasteiger partial charge in [0.1, 0.15) is 0 Å². The smallest absolute Gasteiger partial charge is 0.0628 e. The van der Waals surface area contributed by atoms with Crippen LogP contribution in [0.15, 0.2) is 30.3 Å². The van der Waals surface area contributed by atoms with Gasteiger partial charge in [-0.05, 0) is 60.8 Å². The van der Waals surface area contributed by atoms with Crippen LogP contribution in [0, 0.1) is 17.8 Å². The largest absolute Gasteiger partial charge is 0.381 e. The lowest BCUT2D eigenvalue weighted by molar-refractivity contribution is -0.122. The van der Waals surface area contributed by atoms with Gasteiger partial charge in [0.15, 0.2) is 0 Å². The van der Waals surface area contributed by atoms with Crippen molar-refractivity contribution in [3.05, 3.63) is 35.9 Å². The van der Waals surface area contributed by atoms with Crippen LogP contribution in [-0.2, 0) is 10.2 Å². The Morgan fingerprint density at radius 2 is 1.67 bits per heavy atom. The number of hydrogen-bond donors (Lipinski definition) is 0. The monoisotopic (exact) mass is 242 g/mol. The molecule has 4 aliphatic carbocycles. The van der Waals surface area contributed by atoms with Gasteiger partial charge >= 0.3 is 0 Å². The predicted octanol–water partition coefficient (Wildman–Crippen LogP) is 3.78. The summed E-state index contributed by atoms with van der Waals surface area (Å²) in [6.45, 7) is 0. The van der Waals surface area contributed by atoms with Crippen molar-refractivity contribution in [2.24, 2.45) is 17.8 Å². The van der Waals surface area contributed by atoms with Gasteiger partial charge in [-0.3, -0.25) is 0 Å². The maximum atomic E-state index is 5.81. The summed E-state index contributed by atoms with van der Waals surface area (Å²) < 4.78 is 5.81. The van der Waals surface area contributed by atoms with Crippen molar-refractivity contribution in [1.29, 1.82) is 0 Å². The van der Waals surface area contributed by atoms with Crippen LogP contribution in [0.2, 0.25) is 0 Å². The number of rotatable bonds is 2. The van der Waals surface area contributed by atoms with E-state index in [4.69, 9.17) is 4.74 Å². The Balaban J connectivity index is 1.73. The lowest BCUT2D eigenvalue weighted by Crippen LogP contribution is -2.55. The zero-order chi connectivity index (χ0) is 12.2. The normalized spacial score (nSPS) is 45.4. The van der Waals surface area contributed by atoms with Crippen molar-refractivity contribution in [1.82, 2.24) is 0 Å². The lowest BCUT2D eigenvalue weighted by atomic mass is 9.47. The summed E-state index contributed by atoms with van der Waals surface area (Å²) in [6, 6.07) is 11.3. The molecule has 0 spiro atoms. The van der Waals surface area contributed by atoms with Gasteiger partial charge in [-0.25, -0.2) is 0 Å². The molecule has 18 heavy (non-hydrogen) atoms. The van der Waals surface area contributed by atoms with Crippen molar-refractivity contribution in [2.75, 3.05) is 7.11 Å². The van der Waals surface area contributed by atoms with Crippen molar-refractivity contribution in [2.45, 2.75) is 43.6 Å². The second kappa shape index (κ2) is 3.84. The van der Waals surface area contributed by atoms with Gasteiger partial charge in [-0.1, -0.05) is 30.3 Å². The molecule has 5 atom stereocenters. The van der Waals surface area contributed by atoms with E-state index in [1.165, 1.54) is 32.1 Å². The van der Waals surface area contributed by atoms with E-state index in [1.54, 1.807) is 5.56 Å². The minimum atomic E-state index is 0.493. The van der Waals surface area contributed by atoms with E-state index in [1.807, 2.05) is 7.11 Å². The number of hydrogen-bond acceptors (Lipinski definition) is 1. The number of benzene rings is 1. The molecule has 4 aliphatic rings. The summed E-state index contributed by atoms with van der Waals surface area (Å²) >= 11 is 0. The highest BCUT2D eigenvalue weighted by Gasteiger charge is 2.55. The summed E-state index contributed by atoms with van der Waals surface area (Å²) in [6.07, 6.45) is 7.55. The van der Waals surface area contributed by atoms with Crippen LogP contribution in [0.1, 0.15) is 37.7 Å². The van der Waals surface area contributed by atoms with Crippen LogP contribution >= 0.6 is 0 Å². The predicted molar refractivity (Wildman–Crippen MR) is 72.5 cm³/mol. The Morgan fingerprint density at radius 1 is 1.00 bits per heavy atom. The second-order valence-corrected chi connectivity index (χ2v) is 6.82. The number of ether oxygens (including phenoxy) is 1. The second-order valence-electron chi connectivity index (χ2n) is 6.82. The molecular formula is C17H22O. The third kappa shape index (κ3) is 1.43. The fourth-order valence-electron chi connectivity index (χ4n) is 5.51. The Bertz CT molecular complexity index is 422. The van der Waals surface area contributed by atoms with E-state index in [0.29, 0.717) is 11.5 Å². The average molecular weight is 242 g/mol. The van der Waals surface area contributed by atoms with Crippen molar-refractivity contribution in [3.63, 3.8) is 0 Å². The summed E-state index contributed by atoms with van der Waals surface area (Å²) in [7, 11) is 1.92. The highest BCUT2D eigenvalue weighted by Crippen LogP contribution is 2.61. The molecule has 0 aromatic heterocycles. The van der Waals surface area contributed by atoms with Crippen LogP contribution < -0.4 is 0 Å². The molecule has 5 rings (SSSR count). The topological polar surface area (TPSA) is 9.23 Å². The molecule has 3 unspecified atom stereocenters. The summed E-state index contributed by atoms with van der Waals surface area (Å²) in [5, 5.41) is 0. The molecule has 0 N–H and O–H groups in total. The van der Waals surface area contributed by atoms with Gasteiger partial charge < -0.3 is 4.74 Å². The quantitative estimate of drug-likeness (QED) is 0.767. The molecule has 1 nitrogen and oxygen atoms in total. The van der Waals surface area contributed by atoms with Crippen molar-refractivity contribution in [3.8, 4) is 0 Å². The van der Waals surface area contributed by atoms with Crippen molar-refractivity contribution >= 4 is 0 Å². The minimum Gasteiger partial charge on any atom is -0.381 e. The third-order valence-electron chi connectivity index (χ3n) is 5.84. The molecule has 1 aromatic rings. The first-order chi connectivity index (χ1) is 8.81. The molecule has 0 saturated heterocycles.